The van der Waals surface area contributed by atoms with Gasteiger partial charge >= 0.3 is 0 Å². The highest BCUT2D eigenvalue weighted by molar-refractivity contribution is 6.02. The molecule has 1 fully saturated rings. The highest BCUT2D eigenvalue weighted by Crippen LogP contribution is 2.34. The molecule has 2 heterocycles. The van der Waals surface area contributed by atoms with Gasteiger partial charge in [-0.2, -0.15) is 5.10 Å². The Morgan fingerprint density at radius 2 is 1.83 bits per heavy atom. The number of rotatable bonds is 6. The van der Waals surface area contributed by atoms with E-state index in [0.717, 1.165) is 48.4 Å². The van der Waals surface area contributed by atoms with E-state index in [0.29, 0.717) is 6.54 Å². The summed E-state index contributed by atoms with van der Waals surface area (Å²) in [7, 11) is 1.65. The fraction of sp³-hybridized carbons (Fsp3) is 0.375. The molecule has 0 spiro atoms. The molecular weight excluding hydrogens is 378 g/mol. The Kier molecular flexibility index (Phi) is 6.12. The lowest BCUT2D eigenvalue weighted by atomic mass is 10.0. The van der Waals surface area contributed by atoms with Gasteiger partial charge in [-0.05, 0) is 36.1 Å². The zero-order chi connectivity index (χ0) is 20.9. The zero-order valence-electron chi connectivity index (χ0n) is 17.3. The van der Waals surface area contributed by atoms with E-state index in [2.05, 4.69) is 5.10 Å². The monoisotopic (exact) mass is 405 g/mol. The number of hydrazone groups is 1. The standard InChI is InChI=1S/C24H27N3O3/c1-30-20-10-5-9-19(17-20)22-11-6-15-26(22)23(28)12-13-24(29)27-16-14-21(25-27)18-7-3-2-4-8-18/h2-5,7-10,17,22H,6,11-16H2,1H3. The van der Waals surface area contributed by atoms with Crippen molar-refractivity contribution in [3.63, 3.8) is 0 Å². The molecule has 2 amide bonds. The summed E-state index contributed by atoms with van der Waals surface area (Å²) in [4.78, 5) is 27.4. The lowest BCUT2D eigenvalue weighted by Crippen LogP contribution is -2.32. The highest BCUT2D eigenvalue weighted by Gasteiger charge is 2.31. The Morgan fingerprint density at radius 3 is 2.63 bits per heavy atom. The largest absolute Gasteiger partial charge is 0.497 e. The molecule has 30 heavy (non-hydrogen) atoms. The minimum Gasteiger partial charge on any atom is -0.497 e. The van der Waals surface area contributed by atoms with Crippen LogP contribution in [0.3, 0.4) is 0 Å². The third-order valence-electron chi connectivity index (χ3n) is 5.80. The fourth-order valence-corrected chi connectivity index (χ4v) is 4.22. The number of benzene rings is 2. The van der Waals surface area contributed by atoms with Crippen LogP contribution in [0.4, 0.5) is 0 Å². The number of amides is 2. The van der Waals surface area contributed by atoms with Crippen LogP contribution in [0.15, 0.2) is 59.7 Å². The third-order valence-corrected chi connectivity index (χ3v) is 5.80. The summed E-state index contributed by atoms with van der Waals surface area (Å²) in [6.07, 6.45) is 3.05. The maximum atomic E-state index is 12.9. The number of likely N-dealkylation sites (tertiary alicyclic amines) is 1. The molecule has 0 N–H and O–H groups in total. The second-order valence-electron chi connectivity index (χ2n) is 7.70. The molecule has 2 aliphatic heterocycles. The normalized spacial score (nSPS) is 18.4. The van der Waals surface area contributed by atoms with E-state index in [1.807, 2.05) is 59.5 Å². The number of hydrogen-bond donors (Lipinski definition) is 0. The maximum Gasteiger partial charge on any atom is 0.243 e. The molecule has 0 saturated carbocycles. The summed E-state index contributed by atoms with van der Waals surface area (Å²) in [5.74, 6) is 0.731. The molecule has 1 saturated heterocycles. The van der Waals surface area contributed by atoms with Crippen molar-refractivity contribution in [3.8, 4) is 5.75 Å². The van der Waals surface area contributed by atoms with E-state index in [9.17, 15) is 9.59 Å². The van der Waals surface area contributed by atoms with Gasteiger partial charge in [-0.25, -0.2) is 5.01 Å². The number of carbonyl (C=O) groups excluding carboxylic acids is 2. The summed E-state index contributed by atoms with van der Waals surface area (Å²) in [5.41, 5.74) is 3.05. The van der Waals surface area contributed by atoms with Gasteiger partial charge in [-0.15, -0.1) is 0 Å². The molecule has 0 bridgehead atoms. The maximum absolute atomic E-state index is 12.9. The van der Waals surface area contributed by atoms with E-state index in [1.54, 1.807) is 7.11 Å². The van der Waals surface area contributed by atoms with Gasteiger partial charge < -0.3 is 9.64 Å². The lowest BCUT2D eigenvalue weighted by Gasteiger charge is -2.25. The van der Waals surface area contributed by atoms with Crippen molar-refractivity contribution in [2.24, 2.45) is 5.10 Å². The Morgan fingerprint density at radius 1 is 1.03 bits per heavy atom. The summed E-state index contributed by atoms with van der Waals surface area (Å²) in [5, 5.41) is 5.99. The van der Waals surface area contributed by atoms with E-state index in [4.69, 9.17) is 4.74 Å². The first kappa shape index (κ1) is 20.1. The lowest BCUT2D eigenvalue weighted by molar-refractivity contribution is -0.137. The first-order valence-electron chi connectivity index (χ1n) is 10.5. The number of ether oxygens (including phenoxy) is 1. The Bertz CT molecular complexity index is 942. The Hall–Kier alpha value is -3.15. The van der Waals surface area contributed by atoms with Crippen LogP contribution in [0.2, 0.25) is 0 Å². The average molecular weight is 405 g/mol. The van der Waals surface area contributed by atoms with Crippen molar-refractivity contribution in [3.05, 3.63) is 65.7 Å². The van der Waals surface area contributed by atoms with Crippen molar-refractivity contribution < 1.29 is 14.3 Å². The number of nitrogens with zero attached hydrogens (tertiary/aromatic N) is 3. The van der Waals surface area contributed by atoms with Gasteiger partial charge in [-0.3, -0.25) is 9.59 Å². The highest BCUT2D eigenvalue weighted by atomic mass is 16.5. The van der Waals surface area contributed by atoms with E-state index >= 15 is 0 Å². The molecule has 1 unspecified atom stereocenters. The second-order valence-corrected chi connectivity index (χ2v) is 7.70. The van der Waals surface area contributed by atoms with E-state index in [1.165, 1.54) is 5.01 Å². The number of carbonyl (C=O) groups is 2. The van der Waals surface area contributed by atoms with Crippen LogP contribution in [-0.2, 0) is 9.59 Å². The summed E-state index contributed by atoms with van der Waals surface area (Å²) in [6, 6.07) is 17.8. The third kappa shape index (κ3) is 4.37. The van der Waals surface area contributed by atoms with Crippen molar-refractivity contribution >= 4 is 17.5 Å². The Labute approximate surface area is 177 Å². The quantitative estimate of drug-likeness (QED) is 0.735. The predicted octanol–water partition coefficient (Wildman–Crippen LogP) is 3.78. The molecule has 6 heteroatoms. The van der Waals surface area contributed by atoms with Crippen molar-refractivity contribution in [1.29, 1.82) is 0 Å². The molecule has 2 aliphatic rings. The summed E-state index contributed by atoms with van der Waals surface area (Å²) >= 11 is 0. The average Bonchev–Trinajstić information content (AvgIpc) is 3.48. The second kappa shape index (κ2) is 9.11. The molecule has 0 radical (unpaired) electrons. The van der Waals surface area contributed by atoms with Crippen LogP contribution in [0.5, 0.6) is 5.75 Å². The van der Waals surface area contributed by atoms with Crippen molar-refractivity contribution in [1.82, 2.24) is 9.91 Å². The SMILES string of the molecule is COc1cccc(C2CCCN2C(=O)CCC(=O)N2CCC(c3ccccc3)=N2)c1. The van der Waals surface area contributed by atoms with Gasteiger partial charge in [0.15, 0.2) is 0 Å². The van der Waals surface area contributed by atoms with Crippen molar-refractivity contribution in [2.75, 3.05) is 20.2 Å². The zero-order valence-corrected chi connectivity index (χ0v) is 17.3. The first-order chi connectivity index (χ1) is 14.7. The van der Waals surface area contributed by atoms with Gasteiger partial charge in [0.2, 0.25) is 11.8 Å². The smallest absolute Gasteiger partial charge is 0.243 e. The first-order valence-corrected chi connectivity index (χ1v) is 10.5. The van der Waals surface area contributed by atoms with E-state index in [-0.39, 0.29) is 30.7 Å². The van der Waals surface area contributed by atoms with Crippen LogP contribution < -0.4 is 4.74 Å². The van der Waals surface area contributed by atoms with Gasteiger partial charge in [0, 0.05) is 25.8 Å². The number of methoxy groups -OCH3 is 1. The molecule has 156 valence electrons. The topological polar surface area (TPSA) is 62.2 Å². The van der Waals surface area contributed by atoms with Crippen LogP contribution in [0, 0.1) is 0 Å². The van der Waals surface area contributed by atoms with Crippen LogP contribution in [0.1, 0.15) is 49.3 Å². The number of hydrogen-bond acceptors (Lipinski definition) is 4. The van der Waals surface area contributed by atoms with Gasteiger partial charge in [-0.1, -0.05) is 42.5 Å². The molecule has 6 nitrogen and oxygen atoms in total. The Balaban J connectivity index is 1.35. The van der Waals surface area contributed by atoms with Gasteiger partial charge in [0.05, 0.1) is 25.4 Å². The van der Waals surface area contributed by atoms with E-state index < -0.39 is 0 Å². The molecule has 2 aromatic rings. The molecular formula is C24H27N3O3. The van der Waals surface area contributed by atoms with Crippen molar-refractivity contribution in [2.45, 2.75) is 38.1 Å². The molecule has 0 aromatic heterocycles. The summed E-state index contributed by atoms with van der Waals surface area (Å²) < 4.78 is 5.32. The van der Waals surface area contributed by atoms with Crippen LogP contribution >= 0.6 is 0 Å². The molecule has 4 rings (SSSR count). The van der Waals surface area contributed by atoms with Gasteiger partial charge in [0.1, 0.15) is 5.75 Å². The molecule has 0 aliphatic carbocycles. The molecule has 2 aromatic carbocycles. The molecule has 1 atom stereocenters. The fourth-order valence-electron chi connectivity index (χ4n) is 4.22. The summed E-state index contributed by atoms with van der Waals surface area (Å²) in [6.45, 7) is 1.31. The van der Waals surface area contributed by atoms with Crippen LogP contribution in [-0.4, -0.2) is 47.6 Å². The van der Waals surface area contributed by atoms with Gasteiger partial charge in [0.25, 0.3) is 0 Å². The van der Waals surface area contributed by atoms with Crippen LogP contribution in [0.25, 0.3) is 0 Å². The minimum absolute atomic E-state index is 0.0279. The predicted molar refractivity (Wildman–Crippen MR) is 115 cm³/mol. The minimum atomic E-state index is -0.0913.